The third kappa shape index (κ3) is 1.51. The SMILES string of the molecule is CC1(C)OB(O)c2cc([N+](=O)[O-])ccc21. The second-order valence-corrected chi connectivity index (χ2v) is 4.01. The number of hydrogen-bond donors (Lipinski definition) is 1. The molecule has 0 aromatic heterocycles. The number of benzene rings is 1. The van der Waals surface area contributed by atoms with E-state index in [9.17, 15) is 15.1 Å². The van der Waals surface area contributed by atoms with E-state index in [4.69, 9.17) is 4.65 Å². The molecule has 78 valence electrons. The average Bonchev–Trinajstić information content (AvgIpc) is 2.37. The van der Waals surface area contributed by atoms with Crippen LogP contribution in [0.1, 0.15) is 19.4 Å². The molecule has 0 radical (unpaired) electrons. The van der Waals surface area contributed by atoms with Gasteiger partial charge in [0.2, 0.25) is 0 Å². The summed E-state index contributed by atoms with van der Waals surface area (Å²) in [7, 11) is -1.07. The van der Waals surface area contributed by atoms with Gasteiger partial charge in [-0.1, -0.05) is 0 Å². The van der Waals surface area contributed by atoms with Crippen LogP contribution in [-0.4, -0.2) is 17.1 Å². The number of nitro benzene ring substituents is 1. The average molecular weight is 207 g/mol. The Morgan fingerprint density at radius 2 is 2.20 bits per heavy atom. The molecule has 0 atom stereocenters. The minimum Gasteiger partial charge on any atom is -0.423 e. The zero-order chi connectivity index (χ0) is 11.2. The van der Waals surface area contributed by atoms with Crippen molar-refractivity contribution in [2.45, 2.75) is 19.4 Å². The van der Waals surface area contributed by atoms with Gasteiger partial charge in [-0.15, -0.1) is 0 Å². The highest BCUT2D eigenvalue weighted by Crippen LogP contribution is 2.30. The minimum atomic E-state index is -1.07. The first-order valence-corrected chi connectivity index (χ1v) is 4.56. The maximum Gasteiger partial charge on any atom is 0.492 e. The maximum atomic E-state index is 10.6. The zero-order valence-electron chi connectivity index (χ0n) is 8.43. The molecule has 0 bridgehead atoms. The topological polar surface area (TPSA) is 72.6 Å². The fourth-order valence-corrected chi connectivity index (χ4v) is 1.82. The number of hydrogen-bond acceptors (Lipinski definition) is 4. The Balaban J connectivity index is 2.55. The molecular formula is C9H10BNO4. The van der Waals surface area contributed by atoms with Crippen molar-refractivity contribution >= 4 is 18.3 Å². The van der Waals surface area contributed by atoms with Crippen molar-refractivity contribution in [1.82, 2.24) is 0 Å². The van der Waals surface area contributed by atoms with Gasteiger partial charge in [-0.3, -0.25) is 10.1 Å². The Morgan fingerprint density at radius 3 is 2.80 bits per heavy atom. The second-order valence-electron chi connectivity index (χ2n) is 4.01. The van der Waals surface area contributed by atoms with Gasteiger partial charge < -0.3 is 9.68 Å². The molecule has 1 aromatic carbocycles. The summed E-state index contributed by atoms with van der Waals surface area (Å²) in [4.78, 5) is 10.1. The quantitative estimate of drug-likeness (QED) is 0.414. The van der Waals surface area contributed by atoms with Crippen LogP contribution >= 0.6 is 0 Å². The van der Waals surface area contributed by atoms with Crippen molar-refractivity contribution < 1.29 is 14.6 Å². The molecule has 6 heteroatoms. The van der Waals surface area contributed by atoms with Crippen molar-refractivity contribution in [3.63, 3.8) is 0 Å². The fourth-order valence-electron chi connectivity index (χ4n) is 1.82. The lowest BCUT2D eigenvalue weighted by atomic mass is 9.78. The summed E-state index contributed by atoms with van der Waals surface area (Å²) in [5.41, 5.74) is 0.646. The summed E-state index contributed by atoms with van der Waals surface area (Å²) in [6.07, 6.45) is 0. The molecule has 5 nitrogen and oxygen atoms in total. The van der Waals surface area contributed by atoms with Crippen molar-refractivity contribution in [2.24, 2.45) is 0 Å². The molecule has 2 rings (SSSR count). The maximum absolute atomic E-state index is 10.6. The molecule has 0 fully saturated rings. The van der Waals surface area contributed by atoms with Gasteiger partial charge in [0.25, 0.3) is 5.69 Å². The third-order valence-corrected chi connectivity index (χ3v) is 2.57. The summed E-state index contributed by atoms with van der Waals surface area (Å²) in [6, 6.07) is 4.40. The summed E-state index contributed by atoms with van der Waals surface area (Å²) in [6.45, 7) is 3.63. The second kappa shape index (κ2) is 3.05. The predicted molar refractivity (Wildman–Crippen MR) is 54.8 cm³/mol. The van der Waals surface area contributed by atoms with Crippen LogP contribution in [0, 0.1) is 10.1 Å². The van der Waals surface area contributed by atoms with Gasteiger partial charge in [0.1, 0.15) is 0 Å². The molecule has 15 heavy (non-hydrogen) atoms. The van der Waals surface area contributed by atoms with Gasteiger partial charge in [-0.25, -0.2) is 0 Å². The molecule has 0 saturated heterocycles. The lowest BCUT2D eigenvalue weighted by Gasteiger charge is -2.19. The van der Waals surface area contributed by atoms with E-state index >= 15 is 0 Å². The van der Waals surface area contributed by atoms with Crippen LogP contribution in [0.15, 0.2) is 18.2 Å². The van der Waals surface area contributed by atoms with E-state index in [2.05, 4.69) is 0 Å². The fraction of sp³-hybridized carbons (Fsp3) is 0.333. The molecule has 0 unspecified atom stereocenters. The van der Waals surface area contributed by atoms with E-state index in [1.54, 1.807) is 6.07 Å². The molecule has 1 aromatic rings. The number of rotatable bonds is 1. The molecule has 1 aliphatic heterocycles. The van der Waals surface area contributed by atoms with Crippen LogP contribution in [0.25, 0.3) is 0 Å². The lowest BCUT2D eigenvalue weighted by Crippen LogP contribution is -2.28. The first-order valence-electron chi connectivity index (χ1n) is 4.56. The van der Waals surface area contributed by atoms with Crippen LogP contribution in [-0.2, 0) is 10.3 Å². The summed E-state index contributed by atoms with van der Waals surface area (Å²) in [5.74, 6) is 0. The Bertz CT molecular complexity index is 432. The molecule has 0 aliphatic carbocycles. The predicted octanol–water partition coefficient (Wildman–Crippen LogP) is 0.548. The Labute approximate surface area is 87.0 Å². The highest BCUT2D eigenvalue weighted by atomic mass is 16.6. The number of nitrogens with zero attached hydrogens (tertiary/aromatic N) is 1. The number of nitro groups is 1. The normalized spacial score (nSPS) is 17.7. The van der Waals surface area contributed by atoms with Crippen LogP contribution < -0.4 is 5.46 Å². The van der Waals surface area contributed by atoms with Crippen LogP contribution in [0.3, 0.4) is 0 Å². The van der Waals surface area contributed by atoms with E-state index in [0.717, 1.165) is 5.56 Å². The van der Waals surface area contributed by atoms with E-state index in [-0.39, 0.29) is 5.69 Å². The van der Waals surface area contributed by atoms with E-state index in [0.29, 0.717) is 5.46 Å². The van der Waals surface area contributed by atoms with Gasteiger partial charge in [-0.2, -0.15) is 0 Å². The largest absolute Gasteiger partial charge is 0.492 e. The standard InChI is InChI=1S/C9H10BNO4/c1-9(2)7-4-3-6(11(13)14)5-8(7)10(12)15-9/h3-5,12H,1-2H3. The van der Waals surface area contributed by atoms with Crippen molar-refractivity contribution in [3.8, 4) is 0 Å². The zero-order valence-corrected chi connectivity index (χ0v) is 8.43. The monoisotopic (exact) mass is 207 g/mol. The molecular weight excluding hydrogens is 197 g/mol. The van der Waals surface area contributed by atoms with E-state index in [1.165, 1.54) is 12.1 Å². The van der Waals surface area contributed by atoms with Crippen LogP contribution in [0.4, 0.5) is 5.69 Å². The van der Waals surface area contributed by atoms with Gasteiger partial charge >= 0.3 is 7.12 Å². The van der Waals surface area contributed by atoms with E-state index < -0.39 is 17.6 Å². The Kier molecular flexibility index (Phi) is 2.06. The van der Waals surface area contributed by atoms with Crippen molar-refractivity contribution in [3.05, 3.63) is 33.9 Å². The number of fused-ring (bicyclic) bond motifs is 1. The summed E-state index contributed by atoms with van der Waals surface area (Å²) >= 11 is 0. The third-order valence-electron chi connectivity index (χ3n) is 2.57. The minimum absolute atomic E-state index is 0.0332. The molecule has 1 heterocycles. The first kappa shape index (κ1) is 10.1. The smallest absolute Gasteiger partial charge is 0.423 e. The van der Waals surface area contributed by atoms with Gasteiger partial charge in [0.05, 0.1) is 10.5 Å². The van der Waals surface area contributed by atoms with Gasteiger partial charge in [0, 0.05) is 12.1 Å². The highest BCUT2D eigenvalue weighted by Gasteiger charge is 2.41. The number of non-ortho nitro benzene ring substituents is 1. The van der Waals surface area contributed by atoms with Crippen LogP contribution in [0.5, 0.6) is 0 Å². The Morgan fingerprint density at radius 1 is 1.53 bits per heavy atom. The van der Waals surface area contributed by atoms with Crippen LogP contribution in [0.2, 0.25) is 0 Å². The van der Waals surface area contributed by atoms with Gasteiger partial charge in [0.15, 0.2) is 0 Å². The first-order chi connectivity index (χ1) is 6.92. The van der Waals surface area contributed by atoms with E-state index in [1.807, 2.05) is 13.8 Å². The molecule has 1 aliphatic rings. The van der Waals surface area contributed by atoms with Gasteiger partial charge in [-0.05, 0) is 30.9 Å². The summed E-state index contributed by atoms with van der Waals surface area (Å²) < 4.78 is 5.29. The van der Waals surface area contributed by atoms with Crippen molar-refractivity contribution in [1.29, 1.82) is 0 Å². The summed E-state index contributed by atoms with van der Waals surface area (Å²) in [5, 5.41) is 20.1. The molecule has 0 saturated carbocycles. The Hall–Kier alpha value is -1.40. The molecule has 0 spiro atoms. The highest BCUT2D eigenvalue weighted by molar-refractivity contribution is 6.62. The molecule has 1 N–H and O–H groups in total. The molecule has 0 amide bonds. The van der Waals surface area contributed by atoms with Crippen molar-refractivity contribution in [2.75, 3.05) is 0 Å². The lowest BCUT2D eigenvalue weighted by molar-refractivity contribution is -0.384.